The molecule has 1 aromatic carbocycles. The zero-order valence-corrected chi connectivity index (χ0v) is 19.8. The first kappa shape index (κ1) is 22.3. The third kappa shape index (κ3) is 3.97. The fourth-order valence-corrected chi connectivity index (χ4v) is 5.82. The van der Waals surface area contributed by atoms with Crippen LogP contribution < -0.4 is 11.1 Å². The van der Waals surface area contributed by atoms with Crippen LogP contribution in [0, 0.1) is 18.3 Å². The number of aryl methyl sites for hydroxylation is 1. The van der Waals surface area contributed by atoms with Crippen molar-refractivity contribution in [2.45, 2.75) is 53.4 Å². The van der Waals surface area contributed by atoms with Gasteiger partial charge in [-0.3, -0.25) is 9.59 Å². The lowest BCUT2D eigenvalue weighted by atomic mass is 9.69. The van der Waals surface area contributed by atoms with Crippen LogP contribution in [0.1, 0.15) is 70.5 Å². The number of carbonyl (C=O) groups excluding carboxylic acids is 2. The van der Waals surface area contributed by atoms with Gasteiger partial charge in [-0.2, -0.15) is 0 Å². The number of benzene rings is 1. The smallest absolute Gasteiger partial charge is 0.262 e. The van der Waals surface area contributed by atoms with Gasteiger partial charge in [0.05, 0.1) is 5.56 Å². The van der Waals surface area contributed by atoms with Gasteiger partial charge in [-0.1, -0.05) is 62.7 Å². The molecule has 1 atom stereocenters. The van der Waals surface area contributed by atoms with Crippen molar-refractivity contribution < 1.29 is 14.1 Å². The summed E-state index contributed by atoms with van der Waals surface area (Å²) in [7, 11) is 0. The van der Waals surface area contributed by atoms with Crippen molar-refractivity contribution in [1.29, 1.82) is 0 Å². The van der Waals surface area contributed by atoms with E-state index in [2.05, 4.69) is 31.2 Å². The van der Waals surface area contributed by atoms with Crippen molar-refractivity contribution in [1.82, 2.24) is 5.16 Å². The molecule has 0 spiro atoms. The van der Waals surface area contributed by atoms with Gasteiger partial charge in [0.1, 0.15) is 22.0 Å². The highest BCUT2D eigenvalue weighted by atomic mass is 32.1. The number of aromatic nitrogens is 1. The first-order valence-electron chi connectivity index (χ1n) is 11.0. The van der Waals surface area contributed by atoms with Crippen molar-refractivity contribution in [3.8, 4) is 11.3 Å². The molecule has 1 aliphatic rings. The molecule has 2 heterocycles. The number of carbonyl (C=O) groups is 2. The molecule has 6 nitrogen and oxygen atoms in total. The summed E-state index contributed by atoms with van der Waals surface area (Å²) in [5.41, 5.74) is 9.06. The van der Waals surface area contributed by atoms with Gasteiger partial charge >= 0.3 is 0 Å². The number of amides is 2. The Morgan fingerprint density at radius 3 is 2.62 bits per heavy atom. The van der Waals surface area contributed by atoms with Gasteiger partial charge in [-0.05, 0) is 43.1 Å². The van der Waals surface area contributed by atoms with E-state index >= 15 is 0 Å². The van der Waals surface area contributed by atoms with Crippen molar-refractivity contribution in [2.24, 2.45) is 17.1 Å². The van der Waals surface area contributed by atoms with Gasteiger partial charge in [0.2, 0.25) is 0 Å². The van der Waals surface area contributed by atoms with E-state index in [1.54, 1.807) is 6.92 Å². The summed E-state index contributed by atoms with van der Waals surface area (Å²) in [5, 5.41) is 7.56. The zero-order valence-electron chi connectivity index (χ0n) is 19.0. The molecule has 0 aliphatic heterocycles. The number of hydrogen-bond acceptors (Lipinski definition) is 5. The summed E-state index contributed by atoms with van der Waals surface area (Å²) in [6, 6.07) is 9.42. The van der Waals surface area contributed by atoms with Gasteiger partial charge in [-0.15, -0.1) is 11.3 Å². The SMILES string of the molecule is CCC(C)(C)C1CCc2c(sc(NC(=O)c3c(-c4ccccc4)noc3C)c2C(N)=O)C1. The van der Waals surface area contributed by atoms with E-state index in [1.807, 2.05) is 30.3 Å². The Morgan fingerprint density at radius 1 is 1.25 bits per heavy atom. The average molecular weight is 452 g/mol. The zero-order chi connectivity index (χ0) is 23.0. The Bertz CT molecular complexity index is 1160. The molecule has 1 aliphatic carbocycles. The van der Waals surface area contributed by atoms with Crippen molar-refractivity contribution in [3.05, 3.63) is 57.7 Å². The first-order valence-corrected chi connectivity index (χ1v) is 11.8. The summed E-state index contributed by atoms with van der Waals surface area (Å²) >= 11 is 1.47. The predicted octanol–water partition coefficient (Wildman–Crippen LogP) is 5.60. The van der Waals surface area contributed by atoms with Crippen LogP contribution in [0.3, 0.4) is 0 Å². The maximum atomic E-state index is 13.3. The summed E-state index contributed by atoms with van der Waals surface area (Å²) in [6.45, 7) is 8.53. The minimum absolute atomic E-state index is 0.224. The lowest BCUT2D eigenvalue weighted by Gasteiger charge is -2.36. The van der Waals surface area contributed by atoms with E-state index in [0.29, 0.717) is 33.5 Å². The van der Waals surface area contributed by atoms with Gasteiger partial charge in [0.15, 0.2) is 0 Å². The van der Waals surface area contributed by atoms with Gasteiger partial charge < -0.3 is 15.6 Å². The van der Waals surface area contributed by atoms with Crippen molar-refractivity contribution >= 4 is 28.2 Å². The molecule has 32 heavy (non-hydrogen) atoms. The highest BCUT2D eigenvalue weighted by Gasteiger charge is 2.35. The molecular weight excluding hydrogens is 422 g/mol. The number of rotatable bonds is 6. The number of nitrogens with two attached hydrogens (primary N) is 1. The lowest BCUT2D eigenvalue weighted by molar-refractivity contribution is 0.0999. The number of hydrogen-bond donors (Lipinski definition) is 2. The predicted molar refractivity (Wildman–Crippen MR) is 127 cm³/mol. The third-order valence-electron chi connectivity index (χ3n) is 6.89. The number of nitrogens with one attached hydrogen (secondary N) is 1. The second kappa shape index (κ2) is 8.54. The first-order chi connectivity index (χ1) is 15.2. The molecule has 4 rings (SSSR count). The van der Waals surface area contributed by atoms with Gasteiger partial charge in [0, 0.05) is 10.4 Å². The topological polar surface area (TPSA) is 98.2 Å². The molecular formula is C25H29N3O3S. The molecule has 3 aromatic rings. The van der Waals surface area contributed by atoms with E-state index in [1.165, 1.54) is 11.3 Å². The summed E-state index contributed by atoms with van der Waals surface area (Å²) in [5.74, 6) is 0.103. The molecule has 7 heteroatoms. The standard InChI is InChI=1S/C25H29N3O3S/c1-5-25(3,4)16-11-12-17-18(13-16)32-24(20(17)22(26)29)27-23(30)19-14(2)31-28-21(19)15-9-7-6-8-10-15/h6-10,16H,5,11-13H2,1-4H3,(H2,26,29)(H,27,30). The quantitative estimate of drug-likeness (QED) is 0.509. The Hall–Kier alpha value is -2.93. The van der Waals surface area contributed by atoms with Crippen LogP contribution in [0.5, 0.6) is 0 Å². The van der Waals surface area contributed by atoms with E-state index in [4.69, 9.17) is 10.3 Å². The molecule has 168 valence electrons. The van der Waals surface area contributed by atoms with E-state index < -0.39 is 5.91 Å². The fraction of sp³-hybridized carbons (Fsp3) is 0.400. The monoisotopic (exact) mass is 451 g/mol. The molecule has 3 N–H and O–H groups in total. The number of thiophene rings is 1. The van der Waals surface area contributed by atoms with Crippen LogP contribution in [-0.2, 0) is 12.8 Å². The summed E-state index contributed by atoms with van der Waals surface area (Å²) in [4.78, 5) is 26.8. The van der Waals surface area contributed by atoms with Crippen LogP contribution >= 0.6 is 11.3 Å². The molecule has 0 radical (unpaired) electrons. The Morgan fingerprint density at radius 2 is 1.97 bits per heavy atom. The molecule has 0 fully saturated rings. The third-order valence-corrected chi connectivity index (χ3v) is 8.06. The van der Waals surface area contributed by atoms with Crippen LogP contribution in [0.25, 0.3) is 11.3 Å². The number of primary amides is 1. The van der Waals surface area contributed by atoms with E-state index in [9.17, 15) is 9.59 Å². The fourth-order valence-electron chi connectivity index (χ4n) is 4.49. The molecule has 1 unspecified atom stereocenters. The summed E-state index contributed by atoms with van der Waals surface area (Å²) in [6.07, 6.45) is 3.81. The maximum Gasteiger partial charge on any atom is 0.262 e. The normalized spacial score (nSPS) is 15.9. The maximum absolute atomic E-state index is 13.3. The molecule has 2 aromatic heterocycles. The highest BCUT2D eigenvalue weighted by molar-refractivity contribution is 7.17. The van der Waals surface area contributed by atoms with Crippen LogP contribution in [0.4, 0.5) is 5.00 Å². The number of anilines is 1. The minimum atomic E-state index is -0.503. The minimum Gasteiger partial charge on any atom is -0.365 e. The van der Waals surface area contributed by atoms with Gasteiger partial charge in [0.25, 0.3) is 11.8 Å². The highest BCUT2D eigenvalue weighted by Crippen LogP contribution is 2.45. The van der Waals surface area contributed by atoms with Crippen LogP contribution in [-0.4, -0.2) is 17.0 Å². The van der Waals surface area contributed by atoms with Crippen molar-refractivity contribution in [2.75, 3.05) is 5.32 Å². The molecule has 0 saturated carbocycles. The summed E-state index contributed by atoms with van der Waals surface area (Å²) < 4.78 is 5.33. The van der Waals surface area contributed by atoms with Gasteiger partial charge in [-0.25, -0.2) is 0 Å². The number of fused-ring (bicyclic) bond motifs is 1. The Balaban J connectivity index is 1.67. The molecule has 0 bridgehead atoms. The second-order valence-electron chi connectivity index (χ2n) is 9.14. The number of nitrogens with zero attached hydrogens (tertiary/aromatic N) is 1. The average Bonchev–Trinajstić information content (AvgIpc) is 3.33. The lowest BCUT2D eigenvalue weighted by Crippen LogP contribution is -2.29. The molecule has 0 saturated heterocycles. The second-order valence-corrected chi connectivity index (χ2v) is 10.2. The van der Waals surface area contributed by atoms with Crippen LogP contribution in [0.15, 0.2) is 34.9 Å². The van der Waals surface area contributed by atoms with Crippen LogP contribution in [0.2, 0.25) is 0 Å². The van der Waals surface area contributed by atoms with E-state index in [-0.39, 0.29) is 11.3 Å². The van der Waals surface area contributed by atoms with Crippen molar-refractivity contribution in [3.63, 3.8) is 0 Å². The Kier molecular flexibility index (Phi) is 5.95. The largest absolute Gasteiger partial charge is 0.365 e. The van der Waals surface area contributed by atoms with E-state index in [0.717, 1.165) is 41.7 Å². The molecule has 2 amide bonds. The Labute approximate surface area is 192 Å².